The molecular weight excluding hydrogens is 311 g/mol. The Labute approximate surface area is 161 Å². The molecule has 0 nitrogen and oxygen atoms in total. The smallest absolute Gasteiger partial charge is 0.0921 e. The van der Waals surface area contributed by atoms with Crippen molar-refractivity contribution in [2.45, 2.75) is 67.2 Å². The Morgan fingerprint density at radius 1 is 1.27 bits per heavy atom. The molecule has 0 spiro atoms. The normalized spacial score (nSPS) is 22.0. The van der Waals surface area contributed by atoms with Gasteiger partial charge in [0.05, 0.1) is 0 Å². The van der Waals surface area contributed by atoms with Gasteiger partial charge in [0.15, 0.2) is 0 Å². The summed E-state index contributed by atoms with van der Waals surface area (Å²) >= 11 is 0. The summed E-state index contributed by atoms with van der Waals surface area (Å²) in [7, 11) is 0. The minimum absolute atomic E-state index is 0.323. The molecule has 0 aromatic carbocycles. The van der Waals surface area contributed by atoms with Crippen LogP contribution in [0.25, 0.3) is 0 Å². The van der Waals surface area contributed by atoms with Crippen LogP contribution in [0.15, 0.2) is 81.7 Å². The lowest BCUT2D eigenvalue weighted by Gasteiger charge is -2.25. The van der Waals surface area contributed by atoms with E-state index in [-0.39, 0.29) is 0 Å². The van der Waals surface area contributed by atoms with Crippen molar-refractivity contribution >= 4 is 6.71 Å². The summed E-state index contributed by atoms with van der Waals surface area (Å²) < 4.78 is 0. The van der Waals surface area contributed by atoms with Crippen molar-refractivity contribution in [3.8, 4) is 0 Å². The molecule has 0 bridgehead atoms. The minimum Gasteiger partial charge on any atom is -0.0921 e. The van der Waals surface area contributed by atoms with Gasteiger partial charge in [-0.3, -0.25) is 0 Å². The Morgan fingerprint density at radius 2 is 2.04 bits per heavy atom. The Balaban J connectivity index is 2.67. The monoisotopic (exact) mass is 346 g/mol. The highest BCUT2D eigenvalue weighted by molar-refractivity contribution is 6.83. The van der Waals surface area contributed by atoms with Gasteiger partial charge in [-0.25, -0.2) is 0 Å². The SMILES string of the molecule is C/C=C(B(C1=CC=CCC=C1)C1=C(C)CC[C@H](C)C=C1C)/C(C)=C\CC. The fourth-order valence-corrected chi connectivity index (χ4v) is 4.33. The van der Waals surface area contributed by atoms with Crippen LogP contribution in [0.5, 0.6) is 0 Å². The average molecular weight is 346 g/mol. The van der Waals surface area contributed by atoms with Crippen LogP contribution >= 0.6 is 0 Å². The second kappa shape index (κ2) is 9.81. The molecule has 2 aliphatic carbocycles. The van der Waals surface area contributed by atoms with E-state index in [4.69, 9.17) is 0 Å². The van der Waals surface area contributed by atoms with E-state index < -0.39 is 0 Å². The van der Waals surface area contributed by atoms with E-state index >= 15 is 0 Å². The Bertz CT molecular complexity index is 719. The molecule has 0 N–H and O–H groups in total. The molecule has 0 aromatic heterocycles. The van der Waals surface area contributed by atoms with Crippen LogP contribution in [0.3, 0.4) is 0 Å². The predicted molar refractivity (Wildman–Crippen MR) is 119 cm³/mol. The maximum Gasteiger partial charge on any atom is 0.241 e. The summed E-state index contributed by atoms with van der Waals surface area (Å²) in [5, 5.41) is 0. The van der Waals surface area contributed by atoms with E-state index in [1.54, 1.807) is 5.57 Å². The standard InChI is InChI=1S/C25H35B/c1-7-13-20(4)24(8-2)26(23-14-11-9-10-12-15-23)25-21(5)17-16-19(3)18-22(25)6/h8-9,11-15,18-19H,7,10,16-17H2,1-6H3/b20-13-,24-8-/t19-/m0/s1. The van der Waals surface area contributed by atoms with Crippen molar-refractivity contribution in [3.05, 3.63) is 81.7 Å². The zero-order chi connectivity index (χ0) is 19.1. The molecule has 0 saturated carbocycles. The van der Waals surface area contributed by atoms with Crippen molar-refractivity contribution in [3.63, 3.8) is 0 Å². The Kier molecular flexibility index (Phi) is 7.75. The minimum atomic E-state index is 0.323. The quantitative estimate of drug-likeness (QED) is 0.356. The molecule has 0 unspecified atom stereocenters. The summed E-state index contributed by atoms with van der Waals surface area (Å²) in [6.45, 7) is 14.0. The number of allylic oxidation sites excluding steroid dienone is 14. The third kappa shape index (κ3) is 4.90. The molecule has 0 radical (unpaired) electrons. The molecule has 0 aromatic rings. The number of rotatable bonds is 5. The Morgan fingerprint density at radius 3 is 2.73 bits per heavy atom. The third-order valence-corrected chi connectivity index (χ3v) is 5.61. The number of hydrogen-bond donors (Lipinski definition) is 0. The van der Waals surface area contributed by atoms with Crippen LogP contribution in [0.4, 0.5) is 0 Å². The first-order chi connectivity index (χ1) is 12.5. The molecule has 0 saturated heterocycles. The summed E-state index contributed by atoms with van der Waals surface area (Å²) in [4.78, 5) is 0. The van der Waals surface area contributed by atoms with Gasteiger partial charge in [-0.15, -0.1) is 0 Å². The van der Waals surface area contributed by atoms with Gasteiger partial charge < -0.3 is 0 Å². The van der Waals surface area contributed by atoms with Crippen LogP contribution in [0, 0.1) is 5.92 Å². The lowest BCUT2D eigenvalue weighted by molar-refractivity contribution is 0.648. The maximum absolute atomic E-state index is 2.49. The molecule has 2 aliphatic rings. The Hall–Kier alpha value is -1.76. The predicted octanol–water partition coefficient (Wildman–Crippen LogP) is 7.54. The highest BCUT2D eigenvalue weighted by Crippen LogP contribution is 2.35. The van der Waals surface area contributed by atoms with E-state index in [2.05, 4.69) is 90.2 Å². The van der Waals surface area contributed by atoms with Gasteiger partial charge in [-0.05, 0) is 59.3 Å². The largest absolute Gasteiger partial charge is 0.241 e. The number of hydrogen-bond acceptors (Lipinski definition) is 0. The molecule has 1 heteroatoms. The third-order valence-electron chi connectivity index (χ3n) is 5.61. The zero-order valence-corrected chi connectivity index (χ0v) is 17.6. The molecule has 1 atom stereocenters. The summed E-state index contributed by atoms with van der Waals surface area (Å²) in [6, 6.07) is 0. The summed E-state index contributed by atoms with van der Waals surface area (Å²) in [5.41, 5.74) is 8.83. The van der Waals surface area contributed by atoms with Crippen molar-refractivity contribution < 1.29 is 0 Å². The van der Waals surface area contributed by atoms with Crippen molar-refractivity contribution in [2.75, 3.05) is 0 Å². The van der Waals surface area contributed by atoms with Gasteiger partial charge in [-0.1, -0.05) is 95.6 Å². The van der Waals surface area contributed by atoms with E-state index in [0.717, 1.165) is 12.8 Å². The van der Waals surface area contributed by atoms with E-state index in [9.17, 15) is 0 Å². The molecule has 26 heavy (non-hydrogen) atoms. The molecule has 0 heterocycles. The van der Waals surface area contributed by atoms with Gasteiger partial charge in [0.2, 0.25) is 6.71 Å². The maximum atomic E-state index is 2.49. The van der Waals surface area contributed by atoms with Gasteiger partial charge >= 0.3 is 0 Å². The first kappa shape index (κ1) is 20.6. The highest BCUT2D eigenvalue weighted by Gasteiger charge is 2.30. The summed E-state index contributed by atoms with van der Waals surface area (Å²) in [5.74, 6) is 0.656. The summed E-state index contributed by atoms with van der Waals surface area (Å²) in [6.07, 6.45) is 23.2. The van der Waals surface area contributed by atoms with Crippen LogP contribution in [-0.2, 0) is 0 Å². The molecule has 0 amide bonds. The highest BCUT2D eigenvalue weighted by atomic mass is 14.2. The molecule has 0 aliphatic heterocycles. The van der Waals surface area contributed by atoms with E-state index in [1.165, 1.54) is 40.4 Å². The van der Waals surface area contributed by atoms with Crippen molar-refractivity contribution in [1.29, 1.82) is 0 Å². The second-order valence-corrected chi connectivity index (χ2v) is 7.76. The molecule has 2 rings (SSSR count). The fourth-order valence-electron chi connectivity index (χ4n) is 4.33. The second-order valence-electron chi connectivity index (χ2n) is 7.76. The van der Waals surface area contributed by atoms with Gasteiger partial charge in [0, 0.05) is 0 Å². The van der Waals surface area contributed by atoms with Crippen molar-refractivity contribution in [2.24, 2.45) is 5.92 Å². The van der Waals surface area contributed by atoms with Crippen LogP contribution in [0.2, 0.25) is 0 Å². The molecule has 138 valence electrons. The van der Waals surface area contributed by atoms with Gasteiger partial charge in [0.25, 0.3) is 0 Å². The van der Waals surface area contributed by atoms with Crippen molar-refractivity contribution in [1.82, 2.24) is 0 Å². The lowest BCUT2D eigenvalue weighted by atomic mass is 9.32. The average Bonchev–Trinajstić information content (AvgIpc) is 2.94. The van der Waals surface area contributed by atoms with Crippen LogP contribution in [0.1, 0.15) is 67.2 Å². The first-order valence-corrected chi connectivity index (χ1v) is 10.2. The zero-order valence-electron chi connectivity index (χ0n) is 17.6. The van der Waals surface area contributed by atoms with E-state index in [0.29, 0.717) is 12.6 Å². The fraction of sp³-hybridized carbons (Fsp3) is 0.440. The topological polar surface area (TPSA) is 0 Å². The first-order valence-electron chi connectivity index (χ1n) is 10.2. The van der Waals surface area contributed by atoms with Crippen LogP contribution in [-0.4, -0.2) is 6.71 Å². The molecular formula is C25H35B. The van der Waals surface area contributed by atoms with Gasteiger partial charge in [0.1, 0.15) is 0 Å². The van der Waals surface area contributed by atoms with E-state index in [1.807, 2.05) is 0 Å². The van der Waals surface area contributed by atoms with Gasteiger partial charge in [-0.2, -0.15) is 0 Å². The molecule has 0 fully saturated rings. The van der Waals surface area contributed by atoms with Crippen LogP contribution < -0.4 is 0 Å². The lowest BCUT2D eigenvalue weighted by Crippen LogP contribution is -2.26.